The van der Waals surface area contributed by atoms with Gasteiger partial charge in [0.15, 0.2) is 0 Å². The average molecular weight is 284 g/mol. The third-order valence-electron chi connectivity index (χ3n) is 2.84. The molecule has 106 valence electrons. The van der Waals surface area contributed by atoms with Crippen molar-refractivity contribution >= 4 is 21.6 Å². The van der Waals surface area contributed by atoms with Crippen LogP contribution in [0.3, 0.4) is 0 Å². The topological polar surface area (TPSA) is 66.5 Å². The van der Waals surface area contributed by atoms with Crippen LogP contribution in [0.4, 0.5) is 5.69 Å². The Balaban J connectivity index is 2.85. The number of benzene rings is 1. The van der Waals surface area contributed by atoms with Crippen molar-refractivity contribution in [3.63, 3.8) is 0 Å². The van der Waals surface area contributed by atoms with Gasteiger partial charge in [0.05, 0.1) is 5.75 Å². The van der Waals surface area contributed by atoms with Crippen molar-refractivity contribution < 1.29 is 13.2 Å². The molecule has 5 nitrogen and oxygen atoms in total. The van der Waals surface area contributed by atoms with Gasteiger partial charge in [0, 0.05) is 24.3 Å². The Bertz CT molecular complexity index is 519. The Morgan fingerprint density at radius 3 is 2.05 bits per heavy atom. The van der Waals surface area contributed by atoms with E-state index in [9.17, 15) is 13.2 Å². The predicted molar refractivity (Wildman–Crippen MR) is 76.8 cm³/mol. The molecule has 0 fully saturated rings. The summed E-state index contributed by atoms with van der Waals surface area (Å²) in [5.41, 5.74) is 1.03. The van der Waals surface area contributed by atoms with E-state index in [2.05, 4.69) is 4.72 Å². The van der Waals surface area contributed by atoms with Gasteiger partial charge in [0.25, 0.3) is 5.91 Å². The fourth-order valence-corrected chi connectivity index (χ4v) is 2.27. The quantitative estimate of drug-likeness (QED) is 0.868. The smallest absolute Gasteiger partial charge is 0.253 e. The van der Waals surface area contributed by atoms with E-state index in [4.69, 9.17) is 0 Å². The normalized spacial score (nSPS) is 11.1. The summed E-state index contributed by atoms with van der Waals surface area (Å²) in [4.78, 5) is 13.8. The lowest BCUT2D eigenvalue weighted by Crippen LogP contribution is -2.30. The number of hydrogen-bond acceptors (Lipinski definition) is 3. The molecule has 0 bridgehead atoms. The fourth-order valence-electron chi connectivity index (χ4n) is 1.63. The summed E-state index contributed by atoms with van der Waals surface area (Å²) in [6.07, 6.45) is 0. The molecular formula is C13H20N2O3S. The first kappa shape index (κ1) is 15.5. The molecule has 19 heavy (non-hydrogen) atoms. The Hall–Kier alpha value is -1.56. The van der Waals surface area contributed by atoms with Crippen LogP contribution in [0.25, 0.3) is 0 Å². The first-order valence-electron chi connectivity index (χ1n) is 6.33. The molecule has 6 heteroatoms. The minimum absolute atomic E-state index is 0.0210. The van der Waals surface area contributed by atoms with E-state index in [-0.39, 0.29) is 11.7 Å². The highest BCUT2D eigenvalue weighted by molar-refractivity contribution is 7.92. The van der Waals surface area contributed by atoms with Crippen molar-refractivity contribution in [3.8, 4) is 0 Å². The second-order valence-electron chi connectivity index (χ2n) is 4.06. The number of anilines is 1. The second-order valence-corrected chi connectivity index (χ2v) is 6.07. The SMILES string of the molecule is CCN(CC)C(=O)c1ccc(NS(=O)(=O)CC)cc1. The van der Waals surface area contributed by atoms with Crippen molar-refractivity contribution in [1.82, 2.24) is 4.90 Å². The molecule has 1 rings (SSSR count). The Kier molecular flexibility index (Phi) is 5.35. The molecule has 0 aliphatic carbocycles. The third kappa shape index (κ3) is 4.24. The van der Waals surface area contributed by atoms with Crippen LogP contribution in [0, 0.1) is 0 Å². The molecule has 0 radical (unpaired) electrons. The number of carbonyl (C=O) groups excluding carboxylic acids is 1. The minimum Gasteiger partial charge on any atom is -0.339 e. The maximum Gasteiger partial charge on any atom is 0.253 e. The van der Waals surface area contributed by atoms with Gasteiger partial charge >= 0.3 is 0 Å². The Morgan fingerprint density at radius 1 is 1.11 bits per heavy atom. The molecular weight excluding hydrogens is 264 g/mol. The average Bonchev–Trinajstić information content (AvgIpc) is 2.40. The van der Waals surface area contributed by atoms with Crippen molar-refractivity contribution in [1.29, 1.82) is 0 Å². The number of amides is 1. The van der Waals surface area contributed by atoms with Gasteiger partial charge < -0.3 is 4.90 Å². The summed E-state index contributed by atoms with van der Waals surface area (Å²) in [6, 6.07) is 6.47. The zero-order chi connectivity index (χ0) is 14.5. The van der Waals surface area contributed by atoms with E-state index in [1.54, 1.807) is 36.1 Å². The van der Waals surface area contributed by atoms with Crippen LogP contribution in [-0.4, -0.2) is 38.1 Å². The van der Waals surface area contributed by atoms with Crippen LogP contribution in [0.5, 0.6) is 0 Å². The fraction of sp³-hybridized carbons (Fsp3) is 0.462. The van der Waals surface area contributed by atoms with Crippen LogP contribution in [-0.2, 0) is 10.0 Å². The second kappa shape index (κ2) is 6.56. The molecule has 0 heterocycles. The van der Waals surface area contributed by atoms with E-state index in [1.165, 1.54) is 0 Å². The maximum atomic E-state index is 12.0. The van der Waals surface area contributed by atoms with Crippen LogP contribution in [0.2, 0.25) is 0 Å². The van der Waals surface area contributed by atoms with Crippen molar-refractivity contribution in [2.75, 3.05) is 23.6 Å². The molecule has 0 atom stereocenters. The molecule has 0 saturated carbocycles. The third-order valence-corrected chi connectivity index (χ3v) is 4.14. The minimum atomic E-state index is -3.28. The van der Waals surface area contributed by atoms with Gasteiger partial charge in [-0.2, -0.15) is 0 Å². The summed E-state index contributed by atoms with van der Waals surface area (Å²) in [6.45, 7) is 6.72. The lowest BCUT2D eigenvalue weighted by atomic mass is 10.2. The highest BCUT2D eigenvalue weighted by Crippen LogP contribution is 2.13. The number of rotatable bonds is 6. The van der Waals surface area contributed by atoms with E-state index < -0.39 is 10.0 Å². The molecule has 0 aliphatic rings. The summed E-state index contributed by atoms with van der Waals surface area (Å²) >= 11 is 0. The molecule has 0 aliphatic heterocycles. The van der Waals surface area contributed by atoms with Gasteiger partial charge in [-0.05, 0) is 45.0 Å². The zero-order valence-corrected chi connectivity index (χ0v) is 12.3. The molecule has 0 unspecified atom stereocenters. The van der Waals surface area contributed by atoms with Gasteiger partial charge in [0.1, 0.15) is 0 Å². The molecule has 0 spiro atoms. The summed E-state index contributed by atoms with van der Waals surface area (Å²) < 4.78 is 25.2. The first-order valence-corrected chi connectivity index (χ1v) is 7.98. The van der Waals surface area contributed by atoms with E-state index in [0.29, 0.717) is 24.3 Å². The molecule has 0 saturated heterocycles. The lowest BCUT2D eigenvalue weighted by Gasteiger charge is -2.18. The highest BCUT2D eigenvalue weighted by atomic mass is 32.2. The van der Waals surface area contributed by atoms with Crippen molar-refractivity contribution in [3.05, 3.63) is 29.8 Å². The highest BCUT2D eigenvalue weighted by Gasteiger charge is 2.12. The van der Waals surface area contributed by atoms with E-state index in [0.717, 1.165) is 0 Å². The van der Waals surface area contributed by atoms with Crippen LogP contribution in [0.15, 0.2) is 24.3 Å². The van der Waals surface area contributed by atoms with Crippen molar-refractivity contribution in [2.24, 2.45) is 0 Å². The largest absolute Gasteiger partial charge is 0.339 e. The molecule has 0 aromatic heterocycles. The van der Waals surface area contributed by atoms with Gasteiger partial charge in [-0.25, -0.2) is 8.42 Å². The zero-order valence-electron chi connectivity index (χ0n) is 11.5. The summed E-state index contributed by atoms with van der Waals surface area (Å²) in [5.74, 6) is -0.0254. The molecule has 1 amide bonds. The number of nitrogens with one attached hydrogen (secondary N) is 1. The Labute approximate surface area is 114 Å². The lowest BCUT2D eigenvalue weighted by molar-refractivity contribution is 0.0773. The van der Waals surface area contributed by atoms with E-state index in [1.807, 2.05) is 13.8 Å². The number of sulfonamides is 1. The number of carbonyl (C=O) groups is 1. The predicted octanol–water partition coefficient (Wildman–Crippen LogP) is 1.93. The standard InChI is InChI=1S/C13H20N2O3S/c1-4-15(5-2)13(16)11-7-9-12(10-8-11)14-19(17,18)6-3/h7-10,14H,4-6H2,1-3H3. The molecule has 1 N–H and O–H groups in total. The van der Waals surface area contributed by atoms with Crippen molar-refractivity contribution in [2.45, 2.75) is 20.8 Å². The number of hydrogen-bond donors (Lipinski definition) is 1. The summed E-state index contributed by atoms with van der Waals surface area (Å²) in [5, 5.41) is 0. The van der Waals surface area contributed by atoms with Gasteiger partial charge in [0.2, 0.25) is 10.0 Å². The summed E-state index contributed by atoms with van der Waals surface area (Å²) in [7, 11) is -3.28. The first-order chi connectivity index (χ1) is 8.93. The number of nitrogens with zero attached hydrogens (tertiary/aromatic N) is 1. The van der Waals surface area contributed by atoms with Gasteiger partial charge in [-0.3, -0.25) is 9.52 Å². The van der Waals surface area contributed by atoms with Gasteiger partial charge in [-0.1, -0.05) is 0 Å². The van der Waals surface area contributed by atoms with Crippen LogP contribution >= 0.6 is 0 Å². The maximum absolute atomic E-state index is 12.0. The molecule has 1 aromatic rings. The monoisotopic (exact) mass is 284 g/mol. The molecule has 1 aromatic carbocycles. The Morgan fingerprint density at radius 2 is 1.63 bits per heavy atom. The van der Waals surface area contributed by atoms with Gasteiger partial charge in [-0.15, -0.1) is 0 Å². The van der Waals surface area contributed by atoms with Crippen LogP contribution in [0.1, 0.15) is 31.1 Å². The van der Waals surface area contributed by atoms with E-state index >= 15 is 0 Å². The van der Waals surface area contributed by atoms with Crippen LogP contribution < -0.4 is 4.72 Å².